The van der Waals surface area contributed by atoms with Crippen molar-refractivity contribution in [2.75, 3.05) is 6.61 Å². The summed E-state index contributed by atoms with van der Waals surface area (Å²) >= 11 is 1.55. The van der Waals surface area contributed by atoms with E-state index in [0.717, 1.165) is 22.6 Å². The number of hydrogen-bond donors (Lipinski definition) is 1. The summed E-state index contributed by atoms with van der Waals surface area (Å²) < 4.78 is 5.10. The topological polar surface area (TPSA) is 55.4 Å². The normalized spacial score (nSPS) is 11.8. The van der Waals surface area contributed by atoms with Crippen molar-refractivity contribution in [2.24, 2.45) is 0 Å². The number of esters is 1. The lowest BCUT2D eigenvalue weighted by Crippen LogP contribution is -2.36. The zero-order chi connectivity index (χ0) is 17.5. The van der Waals surface area contributed by atoms with Crippen molar-refractivity contribution >= 4 is 23.2 Å². The van der Waals surface area contributed by atoms with Crippen LogP contribution in [0.3, 0.4) is 0 Å². The van der Waals surface area contributed by atoms with Gasteiger partial charge in [0.2, 0.25) is 0 Å². The van der Waals surface area contributed by atoms with E-state index in [4.69, 9.17) is 4.74 Å². The average molecular weight is 345 g/mol. The van der Waals surface area contributed by atoms with Gasteiger partial charge in [-0.2, -0.15) is 0 Å². The Labute approximate surface area is 146 Å². The predicted molar refractivity (Wildman–Crippen MR) is 96.4 cm³/mol. The highest BCUT2D eigenvalue weighted by Gasteiger charge is 2.15. The quantitative estimate of drug-likeness (QED) is 0.779. The minimum absolute atomic E-state index is 0.0292. The Balaban J connectivity index is 1.72. The fraction of sp³-hybridized carbons (Fsp3) is 0.368. The van der Waals surface area contributed by atoms with Crippen LogP contribution in [0, 0.1) is 13.8 Å². The zero-order valence-corrected chi connectivity index (χ0v) is 15.1. The Kier molecular flexibility index (Phi) is 6.55. The molecule has 24 heavy (non-hydrogen) atoms. The summed E-state index contributed by atoms with van der Waals surface area (Å²) in [6.45, 7) is 5.52. The van der Waals surface area contributed by atoms with Gasteiger partial charge in [0.1, 0.15) is 0 Å². The summed E-state index contributed by atoms with van der Waals surface area (Å²) in [5.41, 5.74) is 1.79. The van der Waals surface area contributed by atoms with Crippen molar-refractivity contribution in [3.05, 3.63) is 57.3 Å². The molecule has 1 aromatic heterocycles. The maximum absolute atomic E-state index is 12.0. The summed E-state index contributed by atoms with van der Waals surface area (Å²) in [4.78, 5) is 25.9. The number of rotatable bonds is 7. The van der Waals surface area contributed by atoms with Gasteiger partial charge in [-0.25, -0.2) is 4.79 Å². The smallest absolute Gasteiger partial charge is 0.339 e. The first-order valence-electron chi connectivity index (χ1n) is 8.03. The fourth-order valence-corrected chi connectivity index (χ4v) is 3.37. The lowest BCUT2D eigenvalue weighted by atomic mass is 10.1. The Bertz CT molecular complexity index is 694. The molecule has 0 aliphatic heterocycles. The van der Waals surface area contributed by atoms with Gasteiger partial charge in [0.05, 0.1) is 5.56 Å². The van der Waals surface area contributed by atoms with E-state index < -0.39 is 5.97 Å². The number of thiophene rings is 1. The number of carbonyl (C=O) groups excluding carboxylic acids is 2. The van der Waals surface area contributed by atoms with Crippen molar-refractivity contribution in [3.63, 3.8) is 0 Å². The summed E-state index contributed by atoms with van der Waals surface area (Å²) in [5.74, 6) is -0.711. The number of benzene rings is 1. The third-order valence-electron chi connectivity index (χ3n) is 3.71. The molecule has 1 aromatic carbocycles. The Morgan fingerprint density at radius 2 is 1.92 bits per heavy atom. The van der Waals surface area contributed by atoms with Gasteiger partial charge in [0.15, 0.2) is 6.61 Å². The molecule has 1 N–H and O–H groups in total. The Hall–Kier alpha value is -2.14. The van der Waals surface area contributed by atoms with Crippen LogP contribution in [0.1, 0.15) is 39.0 Å². The van der Waals surface area contributed by atoms with Crippen LogP contribution < -0.4 is 5.32 Å². The molecule has 128 valence electrons. The highest BCUT2D eigenvalue weighted by atomic mass is 32.1. The number of carbonyl (C=O) groups is 2. The third kappa shape index (κ3) is 5.49. The second-order valence-electron chi connectivity index (χ2n) is 5.90. The van der Waals surface area contributed by atoms with Gasteiger partial charge in [-0.05, 0) is 45.2 Å². The van der Waals surface area contributed by atoms with Gasteiger partial charge in [0.25, 0.3) is 5.91 Å². The van der Waals surface area contributed by atoms with Crippen LogP contribution in [-0.2, 0) is 16.0 Å². The number of aryl methyl sites for hydroxylation is 3. The second kappa shape index (κ2) is 8.64. The molecule has 0 unspecified atom stereocenters. The lowest BCUT2D eigenvalue weighted by molar-refractivity contribution is -0.124. The molecule has 4 nitrogen and oxygen atoms in total. The van der Waals surface area contributed by atoms with Gasteiger partial charge in [0, 0.05) is 15.8 Å². The van der Waals surface area contributed by atoms with Crippen LogP contribution in [0.4, 0.5) is 0 Å². The van der Waals surface area contributed by atoms with Gasteiger partial charge in [-0.3, -0.25) is 4.79 Å². The molecule has 0 spiro atoms. The van der Waals surface area contributed by atoms with Gasteiger partial charge in [-0.1, -0.05) is 30.3 Å². The summed E-state index contributed by atoms with van der Waals surface area (Å²) in [5, 5.41) is 2.86. The SMILES string of the molecule is Cc1cc(C(=O)OCC(=O)N[C@@H](C)CCc2ccccc2)c(C)s1. The van der Waals surface area contributed by atoms with Crippen molar-refractivity contribution in [2.45, 2.75) is 39.7 Å². The Morgan fingerprint density at radius 3 is 2.54 bits per heavy atom. The van der Waals surface area contributed by atoms with E-state index in [9.17, 15) is 9.59 Å². The van der Waals surface area contributed by atoms with Crippen LogP contribution >= 0.6 is 11.3 Å². The van der Waals surface area contributed by atoms with E-state index in [1.807, 2.05) is 39.0 Å². The first kappa shape index (κ1) is 18.2. The highest BCUT2D eigenvalue weighted by molar-refractivity contribution is 7.12. The summed E-state index contributed by atoms with van der Waals surface area (Å²) in [6, 6.07) is 12.0. The largest absolute Gasteiger partial charge is 0.452 e. The number of amides is 1. The monoisotopic (exact) mass is 345 g/mol. The second-order valence-corrected chi connectivity index (χ2v) is 7.36. The first-order valence-corrected chi connectivity index (χ1v) is 8.85. The first-order chi connectivity index (χ1) is 11.5. The van der Waals surface area contributed by atoms with Gasteiger partial charge < -0.3 is 10.1 Å². The van der Waals surface area contributed by atoms with E-state index in [1.165, 1.54) is 5.56 Å². The molecule has 2 rings (SSSR count). The van der Waals surface area contributed by atoms with Crippen molar-refractivity contribution in [3.8, 4) is 0 Å². The maximum atomic E-state index is 12.0. The highest BCUT2D eigenvalue weighted by Crippen LogP contribution is 2.21. The maximum Gasteiger partial charge on any atom is 0.339 e. The molecule has 0 radical (unpaired) electrons. The van der Waals surface area contributed by atoms with Gasteiger partial charge in [-0.15, -0.1) is 11.3 Å². The molecular formula is C19H23NO3S. The molecule has 2 aromatic rings. The number of nitrogens with one attached hydrogen (secondary N) is 1. The third-order valence-corrected chi connectivity index (χ3v) is 4.68. The molecule has 0 aliphatic carbocycles. The van der Waals surface area contributed by atoms with Crippen molar-refractivity contribution in [1.82, 2.24) is 5.32 Å². The molecule has 1 heterocycles. The molecular weight excluding hydrogens is 322 g/mol. The fourth-order valence-electron chi connectivity index (χ4n) is 2.46. The van der Waals surface area contributed by atoms with Crippen LogP contribution in [0.2, 0.25) is 0 Å². The molecule has 1 amide bonds. The van der Waals surface area contributed by atoms with E-state index in [0.29, 0.717) is 5.56 Å². The zero-order valence-electron chi connectivity index (χ0n) is 14.3. The van der Waals surface area contributed by atoms with Crippen molar-refractivity contribution in [1.29, 1.82) is 0 Å². The summed E-state index contributed by atoms with van der Waals surface area (Å²) in [7, 11) is 0. The van der Waals surface area contributed by atoms with Crippen LogP contribution in [0.25, 0.3) is 0 Å². The number of ether oxygens (including phenoxy) is 1. The van der Waals surface area contributed by atoms with Crippen LogP contribution in [0.5, 0.6) is 0 Å². The number of hydrogen-bond acceptors (Lipinski definition) is 4. The minimum Gasteiger partial charge on any atom is -0.452 e. The molecule has 5 heteroatoms. The molecule has 0 aliphatic rings. The molecule has 0 fully saturated rings. The van der Waals surface area contributed by atoms with Gasteiger partial charge >= 0.3 is 5.97 Å². The summed E-state index contributed by atoms with van der Waals surface area (Å²) in [6.07, 6.45) is 1.74. The molecule has 0 bridgehead atoms. The molecule has 0 saturated carbocycles. The standard InChI is InChI=1S/C19H23NO3S/c1-13(9-10-16-7-5-4-6-8-16)20-18(21)12-23-19(22)17-11-14(2)24-15(17)3/h4-8,11,13H,9-10,12H2,1-3H3,(H,20,21)/t13-/m0/s1. The van der Waals surface area contributed by atoms with E-state index in [-0.39, 0.29) is 18.6 Å². The van der Waals surface area contributed by atoms with Crippen LogP contribution in [0.15, 0.2) is 36.4 Å². The predicted octanol–water partition coefficient (Wildman–Crippen LogP) is 3.66. The van der Waals surface area contributed by atoms with E-state index >= 15 is 0 Å². The molecule has 0 saturated heterocycles. The van der Waals surface area contributed by atoms with E-state index in [2.05, 4.69) is 17.4 Å². The minimum atomic E-state index is -0.441. The Morgan fingerprint density at radius 1 is 1.21 bits per heavy atom. The van der Waals surface area contributed by atoms with Crippen molar-refractivity contribution < 1.29 is 14.3 Å². The van der Waals surface area contributed by atoms with Crippen LogP contribution in [-0.4, -0.2) is 24.5 Å². The average Bonchev–Trinajstić information content (AvgIpc) is 2.90. The molecule has 1 atom stereocenters. The lowest BCUT2D eigenvalue weighted by Gasteiger charge is -2.14. The van der Waals surface area contributed by atoms with E-state index in [1.54, 1.807) is 17.4 Å².